The first-order valence-electron chi connectivity index (χ1n) is 6.58. The van der Waals surface area contributed by atoms with Crippen LogP contribution in [0.3, 0.4) is 0 Å². The van der Waals surface area contributed by atoms with Crippen LogP contribution in [0.25, 0.3) is 0 Å². The molecule has 0 spiro atoms. The lowest BCUT2D eigenvalue weighted by molar-refractivity contribution is 0.0608. The van der Waals surface area contributed by atoms with Crippen LogP contribution in [0.15, 0.2) is 48.5 Å². The van der Waals surface area contributed by atoms with Gasteiger partial charge in [-0.1, -0.05) is 35.9 Å². The van der Waals surface area contributed by atoms with Crippen molar-refractivity contribution in [1.29, 1.82) is 0 Å². The maximum atomic E-state index is 10.6. The quantitative estimate of drug-likeness (QED) is 0.905. The van der Waals surface area contributed by atoms with E-state index in [1.807, 2.05) is 55.5 Å². The predicted octanol–water partition coefficient (Wildman–Crippen LogP) is 3.88. The van der Waals surface area contributed by atoms with Gasteiger partial charge in [-0.15, -0.1) is 0 Å². The molecule has 3 heteroatoms. The molecule has 2 aromatic rings. The molecule has 2 rings (SSSR count). The fourth-order valence-electron chi connectivity index (χ4n) is 2.33. The molecular weight excluding hydrogens is 272 g/mol. The van der Waals surface area contributed by atoms with Gasteiger partial charge in [-0.2, -0.15) is 0 Å². The van der Waals surface area contributed by atoms with E-state index in [2.05, 4.69) is 0 Å². The van der Waals surface area contributed by atoms with Gasteiger partial charge in [0.05, 0.1) is 12.7 Å². The fourth-order valence-corrected chi connectivity index (χ4v) is 2.45. The highest BCUT2D eigenvalue weighted by Gasteiger charge is 2.21. The van der Waals surface area contributed by atoms with Crippen molar-refractivity contribution >= 4 is 11.6 Å². The summed E-state index contributed by atoms with van der Waals surface area (Å²) in [6.45, 7) is 1.85. The third-order valence-electron chi connectivity index (χ3n) is 3.22. The molecule has 0 heterocycles. The van der Waals surface area contributed by atoms with Crippen molar-refractivity contribution in [2.75, 3.05) is 7.11 Å². The van der Waals surface area contributed by atoms with Crippen LogP contribution in [0.1, 0.15) is 18.1 Å². The number of methoxy groups -OCH3 is 1. The summed E-state index contributed by atoms with van der Waals surface area (Å²) in [6.07, 6.45) is 1.16. The number of hydrogen-bond donors (Lipinski definition) is 1. The van der Waals surface area contributed by atoms with Crippen LogP contribution >= 0.6 is 11.6 Å². The van der Waals surface area contributed by atoms with Crippen LogP contribution < -0.4 is 4.74 Å². The van der Waals surface area contributed by atoms with Crippen LogP contribution in [0, 0.1) is 0 Å². The Kier molecular flexibility index (Phi) is 4.69. The van der Waals surface area contributed by atoms with E-state index in [1.54, 1.807) is 7.11 Å². The summed E-state index contributed by atoms with van der Waals surface area (Å²) in [4.78, 5) is 0. The molecule has 0 bridgehead atoms. The van der Waals surface area contributed by atoms with Crippen LogP contribution in [0.4, 0.5) is 0 Å². The van der Waals surface area contributed by atoms with Crippen molar-refractivity contribution < 1.29 is 9.84 Å². The zero-order valence-electron chi connectivity index (χ0n) is 11.8. The van der Waals surface area contributed by atoms with Crippen LogP contribution in [-0.4, -0.2) is 17.8 Å². The maximum Gasteiger partial charge on any atom is 0.119 e. The van der Waals surface area contributed by atoms with Crippen molar-refractivity contribution in [2.45, 2.75) is 25.4 Å². The second-order valence-electron chi connectivity index (χ2n) is 5.33. The number of halogens is 1. The van der Waals surface area contributed by atoms with E-state index in [4.69, 9.17) is 16.3 Å². The summed E-state index contributed by atoms with van der Waals surface area (Å²) in [7, 11) is 1.64. The highest BCUT2D eigenvalue weighted by molar-refractivity contribution is 6.30. The van der Waals surface area contributed by atoms with Gasteiger partial charge in [0.2, 0.25) is 0 Å². The molecule has 0 aliphatic carbocycles. The molecule has 0 aromatic heterocycles. The SMILES string of the molecule is COc1cccc(CC(C)(O)Cc2ccc(Cl)cc2)c1. The third-order valence-corrected chi connectivity index (χ3v) is 3.47. The summed E-state index contributed by atoms with van der Waals surface area (Å²) >= 11 is 5.87. The minimum atomic E-state index is -0.805. The monoisotopic (exact) mass is 290 g/mol. The Bertz CT molecular complexity index is 561. The molecule has 0 amide bonds. The Morgan fingerprint density at radius 2 is 1.70 bits per heavy atom. The molecule has 0 fully saturated rings. The van der Waals surface area contributed by atoms with Gasteiger partial charge >= 0.3 is 0 Å². The smallest absolute Gasteiger partial charge is 0.119 e. The van der Waals surface area contributed by atoms with Gasteiger partial charge in [-0.25, -0.2) is 0 Å². The van der Waals surface area contributed by atoms with E-state index in [0.29, 0.717) is 17.9 Å². The lowest BCUT2D eigenvalue weighted by atomic mass is 9.90. The summed E-state index contributed by atoms with van der Waals surface area (Å²) in [5.41, 5.74) is 1.32. The summed E-state index contributed by atoms with van der Waals surface area (Å²) in [5.74, 6) is 0.810. The van der Waals surface area contributed by atoms with Gasteiger partial charge in [0.25, 0.3) is 0 Å². The molecule has 2 nitrogen and oxygen atoms in total. The van der Waals surface area contributed by atoms with E-state index in [9.17, 15) is 5.11 Å². The Morgan fingerprint density at radius 3 is 2.35 bits per heavy atom. The summed E-state index contributed by atoms with van der Waals surface area (Å²) in [6, 6.07) is 15.4. The van der Waals surface area contributed by atoms with E-state index >= 15 is 0 Å². The zero-order chi connectivity index (χ0) is 14.6. The van der Waals surface area contributed by atoms with E-state index in [-0.39, 0.29) is 0 Å². The van der Waals surface area contributed by atoms with Gasteiger partial charge in [-0.3, -0.25) is 0 Å². The Labute approximate surface area is 125 Å². The minimum absolute atomic E-state index is 0.576. The predicted molar refractivity (Wildman–Crippen MR) is 82.5 cm³/mol. The molecule has 1 unspecified atom stereocenters. The van der Waals surface area contributed by atoms with Crippen LogP contribution in [0.2, 0.25) is 5.02 Å². The topological polar surface area (TPSA) is 29.5 Å². The van der Waals surface area contributed by atoms with Crippen LogP contribution in [-0.2, 0) is 12.8 Å². The fraction of sp³-hybridized carbons (Fsp3) is 0.294. The van der Waals surface area contributed by atoms with Crippen molar-refractivity contribution in [1.82, 2.24) is 0 Å². The Hall–Kier alpha value is -1.51. The number of rotatable bonds is 5. The van der Waals surface area contributed by atoms with Crippen molar-refractivity contribution in [3.05, 3.63) is 64.7 Å². The van der Waals surface area contributed by atoms with Gasteiger partial charge in [-0.05, 0) is 42.3 Å². The standard InChI is InChI=1S/C17H19ClO2/c1-17(19,11-13-6-8-15(18)9-7-13)12-14-4-3-5-16(10-14)20-2/h3-10,19H,11-12H2,1-2H3. The molecule has 20 heavy (non-hydrogen) atoms. The third kappa shape index (κ3) is 4.26. The molecule has 106 valence electrons. The zero-order valence-corrected chi connectivity index (χ0v) is 12.5. The molecule has 0 saturated heterocycles. The van der Waals surface area contributed by atoms with Crippen molar-refractivity contribution in [2.24, 2.45) is 0 Å². The molecule has 0 saturated carbocycles. The molecule has 1 N–H and O–H groups in total. The lowest BCUT2D eigenvalue weighted by Crippen LogP contribution is -2.30. The molecule has 1 atom stereocenters. The number of aliphatic hydroxyl groups is 1. The number of hydrogen-bond acceptors (Lipinski definition) is 2. The first-order chi connectivity index (χ1) is 9.48. The molecule has 0 aliphatic rings. The highest BCUT2D eigenvalue weighted by Crippen LogP contribution is 2.22. The Morgan fingerprint density at radius 1 is 1.05 bits per heavy atom. The van der Waals surface area contributed by atoms with Crippen LogP contribution in [0.5, 0.6) is 5.75 Å². The van der Waals surface area contributed by atoms with Gasteiger partial charge in [0.15, 0.2) is 0 Å². The van der Waals surface area contributed by atoms with Crippen molar-refractivity contribution in [3.8, 4) is 5.75 Å². The average molecular weight is 291 g/mol. The molecule has 2 aromatic carbocycles. The second-order valence-corrected chi connectivity index (χ2v) is 5.76. The first-order valence-corrected chi connectivity index (χ1v) is 6.96. The number of ether oxygens (including phenoxy) is 1. The summed E-state index contributed by atoms with van der Waals surface area (Å²) in [5, 5.41) is 11.3. The largest absolute Gasteiger partial charge is 0.497 e. The summed E-state index contributed by atoms with van der Waals surface area (Å²) < 4.78 is 5.20. The molecule has 0 aliphatic heterocycles. The van der Waals surface area contributed by atoms with E-state index in [0.717, 1.165) is 16.9 Å². The maximum absolute atomic E-state index is 10.6. The average Bonchev–Trinajstić information content (AvgIpc) is 2.41. The van der Waals surface area contributed by atoms with E-state index < -0.39 is 5.60 Å². The van der Waals surface area contributed by atoms with Gasteiger partial charge < -0.3 is 9.84 Å². The molecule has 0 radical (unpaired) electrons. The minimum Gasteiger partial charge on any atom is -0.497 e. The van der Waals surface area contributed by atoms with Gasteiger partial charge in [0.1, 0.15) is 5.75 Å². The lowest BCUT2D eigenvalue weighted by Gasteiger charge is -2.24. The highest BCUT2D eigenvalue weighted by atomic mass is 35.5. The van der Waals surface area contributed by atoms with Gasteiger partial charge in [0, 0.05) is 17.9 Å². The molecular formula is C17H19ClO2. The van der Waals surface area contributed by atoms with Crippen molar-refractivity contribution in [3.63, 3.8) is 0 Å². The first kappa shape index (κ1) is 14.9. The second kappa shape index (κ2) is 6.29. The Balaban J connectivity index is 2.07. The number of benzene rings is 2. The van der Waals surface area contributed by atoms with E-state index in [1.165, 1.54) is 0 Å². The normalized spacial score (nSPS) is 13.8.